The number of aliphatic hydroxyl groups excluding tert-OH is 1. The third-order valence-electron chi connectivity index (χ3n) is 5.24. The SMILES string of the molecule is CCc1ccc(OCC(O)CN2CCN(S(=O)(=O)c3cccc([N+](=O)[O-])c3)CC2)cc1. The van der Waals surface area contributed by atoms with Gasteiger partial charge in [0.1, 0.15) is 18.5 Å². The molecule has 0 aliphatic carbocycles. The van der Waals surface area contributed by atoms with E-state index in [2.05, 4.69) is 6.92 Å². The van der Waals surface area contributed by atoms with Gasteiger partial charge >= 0.3 is 0 Å². The fourth-order valence-electron chi connectivity index (χ4n) is 3.42. The van der Waals surface area contributed by atoms with Crippen molar-refractivity contribution in [3.63, 3.8) is 0 Å². The quantitative estimate of drug-likeness (QED) is 0.459. The van der Waals surface area contributed by atoms with Crippen LogP contribution in [0, 0.1) is 10.1 Å². The highest BCUT2D eigenvalue weighted by molar-refractivity contribution is 7.89. The fraction of sp³-hybridized carbons (Fsp3) is 0.429. The van der Waals surface area contributed by atoms with Crippen LogP contribution in [0.15, 0.2) is 53.4 Å². The van der Waals surface area contributed by atoms with E-state index in [4.69, 9.17) is 4.74 Å². The van der Waals surface area contributed by atoms with Crippen molar-refractivity contribution in [1.82, 2.24) is 9.21 Å². The first-order chi connectivity index (χ1) is 14.8. The highest BCUT2D eigenvalue weighted by Crippen LogP contribution is 2.22. The minimum Gasteiger partial charge on any atom is -0.491 e. The molecule has 0 bridgehead atoms. The van der Waals surface area contributed by atoms with Gasteiger partial charge in [-0.25, -0.2) is 8.42 Å². The normalized spacial score (nSPS) is 16.7. The predicted octanol–water partition coefficient (Wildman–Crippen LogP) is 1.90. The number of rotatable bonds is 9. The fourth-order valence-corrected chi connectivity index (χ4v) is 4.89. The Morgan fingerprint density at radius 1 is 1.13 bits per heavy atom. The van der Waals surface area contributed by atoms with Gasteiger partial charge in [-0.3, -0.25) is 15.0 Å². The monoisotopic (exact) mass is 449 g/mol. The first-order valence-corrected chi connectivity index (χ1v) is 11.6. The number of ether oxygens (including phenoxy) is 1. The second-order valence-corrected chi connectivity index (χ2v) is 9.36. The number of hydrogen-bond donors (Lipinski definition) is 1. The molecule has 1 aliphatic rings. The van der Waals surface area contributed by atoms with Gasteiger partial charge in [-0.05, 0) is 30.2 Å². The topological polar surface area (TPSA) is 113 Å². The Kier molecular flexibility index (Phi) is 7.60. The first-order valence-electron chi connectivity index (χ1n) is 10.2. The highest BCUT2D eigenvalue weighted by Gasteiger charge is 2.30. The minimum absolute atomic E-state index is 0.0855. The molecule has 3 rings (SSSR count). The number of nitro groups is 1. The number of piperazine rings is 1. The van der Waals surface area contributed by atoms with Gasteiger partial charge in [0.25, 0.3) is 5.69 Å². The lowest BCUT2D eigenvalue weighted by molar-refractivity contribution is -0.385. The molecule has 1 N–H and O–H groups in total. The molecule has 1 atom stereocenters. The van der Waals surface area contributed by atoms with E-state index in [1.165, 1.54) is 28.1 Å². The van der Waals surface area contributed by atoms with Crippen LogP contribution in [-0.4, -0.2) is 73.1 Å². The summed E-state index contributed by atoms with van der Waals surface area (Å²) in [6, 6.07) is 12.8. The van der Waals surface area contributed by atoms with Crippen molar-refractivity contribution in [3.05, 3.63) is 64.2 Å². The second kappa shape index (κ2) is 10.2. The summed E-state index contributed by atoms with van der Waals surface area (Å²) in [5.41, 5.74) is 0.956. The maximum atomic E-state index is 12.8. The maximum absolute atomic E-state index is 12.8. The molecule has 31 heavy (non-hydrogen) atoms. The first kappa shape index (κ1) is 23.1. The zero-order valence-electron chi connectivity index (χ0n) is 17.4. The van der Waals surface area contributed by atoms with Crippen LogP contribution in [0.5, 0.6) is 5.75 Å². The number of benzene rings is 2. The van der Waals surface area contributed by atoms with Crippen molar-refractivity contribution in [2.45, 2.75) is 24.3 Å². The van der Waals surface area contributed by atoms with Crippen LogP contribution in [0.25, 0.3) is 0 Å². The predicted molar refractivity (Wildman–Crippen MR) is 116 cm³/mol. The standard InChI is InChI=1S/C21H27N3O6S/c1-2-17-6-8-20(9-7-17)30-16-19(25)15-22-10-12-23(13-11-22)31(28,29)21-5-3-4-18(14-21)24(26)27/h3-9,14,19,25H,2,10-13,15-16H2,1H3. The summed E-state index contributed by atoms with van der Waals surface area (Å²) in [7, 11) is -3.81. The van der Waals surface area contributed by atoms with Crippen molar-refractivity contribution >= 4 is 15.7 Å². The summed E-state index contributed by atoms with van der Waals surface area (Å²) in [5.74, 6) is 0.698. The Morgan fingerprint density at radius 2 is 1.81 bits per heavy atom. The zero-order chi connectivity index (χ0) is 22.4. The van der Waals surface area contributed by atoms with Crippen molar-refractivity contribution < 1.29 is 23.2 Å². The Hall–Kier alpha value is -2.53. The molecule has 10 heteroatoms. The molecule has 1 aliphatic heterocycles. The number of hydrogen-bond acceptors (Lipinski definition) is 7. The van der Waals surface area contributed by atoms with Crippen LogP contribution in [-0.2, 0) is 16.4 Å². The average molecular weight is 450 g/mol. The van der Waals surface area contributed by atoms with Crippen LogP contribution in [0.2, 0.25) is 0 Å². The molecule has 0 radical (unpaired) electrons. The third-order valence-corrected chi connectivity index (χ3v) is 7.14. The number of aryl methyl sites for hydroxylation is 1. The molecular formula is C21H27N3O6S. The molecule has 1 heterocycles. The van der Waals surface area contributed by atoms with Crippen LogP contribution in [0.4, 0.5) is 5.69 Å². The van der Waals surface area contributed by atoms with Crippen molar-refractivity contribution in [2.24, 2.45) is 0 Å². The smallest absolute Gasteiger partial charge is 0.270 e. The van der Waals surface area contributed by atoms with Gasteiger partial charge in [-0.1, -0.05) is 25.1 Å². The summed E-state index contributed by atoms with van der Waals surface area (Å²) in [4.78, 5) is 12.2. The van der Waals surface area contributed by atoms with E-state index in [1.807, 2.05) is 29.2 Å². The van der Waals surface area contributed by atoms with Crippen molar-refractivity contribution in [1.29, 1.82) is 0 Å². The molecule has 0 aromatic heterocycles. The Bertz CT molecular complexity index is 988. The number of nitrogens with zero attached hydrogens (tertiary/aromatic N) is 3. The molecule has 2 aromatic rings. The molecule has 9 nitrogen and oxygen atoms in total. The van der Waals surface area contributed by atoms with Gasteiger partial charge in [0.2, 0.25) is 10.0 Å². The Labute approximate surface area is 182 Å². The van der Waals surface area contributed by atoms with E-state index in [1.54, 1.807) is 0 Å². The average Bonchev–Trinajstić information content (AvgIpc) is 2.78. The van der Waals surface area contributed by atoms with E-state index < -0.39 is 21.1 Å². The van der Waals surface area contributed by atoms with E-state index in [0.29, 0.717) is 25.4 Å². The lowest BCUT2D eigenvalue weighted by Gasteiger charge is -2.34. The second-order valence-electron chi connectivity index (χ2n) is 7.42. The van der Waals surface area contributed by atoms with Crippen LogP contribution >= 0.6 is 0 Å². The molecular weight excluding hydrogens is 422 g/mol. The summed E-state index contributed by atoms with van der Waals surface area (Å²) in [6.07, 6.45) is 0.247. The van der Waals surface area contributed by atoms with Gasteiger partial charge in [-0.15, -0.1) is 0 Å². The minimum atomic E-state index is -3.81. The lowest BCUT2D eigenvalue weighted by atomic mass is 10.2. The van der Waals surface area contributed by atoms with Crippen molar-refractivity contribution in [3.8, 4) is 5.75 Å². The van der Waals surface area contributed by atoms with Gasteiger partial charge in [0.05, 0.1) is 9.82 Å². The number of aliphatic hydroxyl groups is 1. The van der Waals surface area contributed by atoms with E-state index in [0.717, 1.165) is 12.5 Å². The number of non-ortho nitro benzene ring substituents is 1. The summed E-state index contributed by atoms with van der Waals surface area (Å²) < 4.78 is 32.6. The molecule has 2 aromatic carbocycles. The van der Waals surface area contributed by atoms with Gasteiger partial charge < -0.3 is 9.84 Å². The van der Waals surface area contributed by atoms with E-state index in [9.17, 15) is 23.6 Å². The molecule has 168 valence electrons. The molecule has 1 fully saturated rings. The zero-order valence-corrected chi connectivity index (χ0v) is 18.2. The third kappa shape index (κ3) is 6.01. The summed E-state index contributed by atoms with van der Waals surface area (Å²) in [6.45, 7) is 4.00. The summed E-state index contributed by atoms with van der Waals surface area (Å²) in [5, 5.41) is 21.2. The maximum Gasteiger partial charge on any atom is 0.270 e. The number of sulfonamides is 1. The molecule has 1 saturated heterocycles. The highest BCUT2D eigenvalue weighted by atomic mass is 32.2. The van der Waals surface area contributed by atoms with Gasteiger partial charge in [0, 0.05) is 44.9 Å². The summed E-state index contributed by atoms with van der Waals surface area (Å²) >= 11 is 0. The van der Waals surface area contributed by atoms with E-state index >= 15 is 0 Å². The van der Waals surface area contributed by atoms with Crippen molar-refractivity contribution in [2.75, 3.05) is 39.3 Å². The van der Waals surface area contributed by atoms with Gasteiger partial charge in [-0.2, -0.15) is 4.31 Å². The lowest BCUT2D eigenvalue weighted by Crippen LogP contribution is -2.50. The van der Waals surface area contributed by atoms with Gasteiger partial charge in [0.15, 0.2) is 0 Å². The van der Waals surface area contributed by atoms with Crippen LogP contribution in [0.1, 0.15) is 12.5 Å². The van der Waals surface area contributed by atoms with E-state index in [-0.39, 0.29) is 30.3 Å². The Balaban J connectivity index is 1.49. The molecule has 0 saturated carbocycles. The molecule has 0 amide bonds. The van der Waals surface area contributed by atoms with Crippen LogP contribution < -0.4 is 4.74 Å². The Morgan fingerprint density at radius 3 is 2.42 bits per heavy atom. The largest absolute Gasteiger partial charge is 0.491 e. The van der Waals surface area contributed by atoms with Crippen LogP contribution in [0.3, 0.4) is 0 Å². The number of β-amino-alcohol motifs (C(OH)–C–C–N with tert-alkyl or cyclic N) is 1. The molecule has 1 unspecified atom stereocenters. The number of nitro benzene ring substituents is 1. The molecule has 0 spiro atoms.